The van der Waals surface area contributed by atoms with Gasteiger partial charge in [-0.15, -0.1) is 0 Å². The summed E-state index contributed by atoms with van der Waals surface area (Å²) in [5.41, 5.74) is 0.623. The molecule has 0 aliphatic carbocycles. The maximum atomic E-state index is 12.8. The van der Waals surface area contributed by atoms with Crippen LogP contribution in [0, 0.1) is 0 Å². The van der Waals surface area contributed by atoms with E-state index in [1.54, 1.807) is 24.3 Å². The van der Waals surface area contributed by atoms with E-state index >= 15 is 0 Å². The maximum absolute atomic E-state index is 12.8. The van der Waals surface area contributed by atoms with Crippen molar-refractivity contribution in [3.8, 4) is 17.2 Å². The van der Waals surface area contributed by atoms with Crippen LogP contribution in [0.25, 0.3) is 10.8 Å². The van der Waals surface area contributed by atoms with Crippen molar-refractivity contribution in [1.82, 2.24) is 0 Å². The smallest absolute Gasteiger partial charge is 0.343 e. The van der Waals surface area contributed by atoms with Gasteiger partial charge in [0.05, 0.1) is 25.9 Å². The van der Waals surface area contributed by atoms with Crippen LogP contribution >= 0.6 is 0 Å². The van der Waals surface area contributed by atoms with Crippen LogP contribution in [-0.4, -0.2) is 32.3 Å². The summed E-state index contributed by atoms with van der Waals surface area (Å²) in [5.74, 6) is 0.376. The molecule has 0 aromatic heterocycles. The lowest BCUT2D eigenvalue weighted by Crippen LogP contribution is -2.11. The molecule has 0 radical (unpaired) electrons. The van der Waals surface area contributed by atoms with Gasteiger partial charge in [-0.25, -0.2) is 9.59 Å². The van der Waals surface area contributed by atoms with Crippen molar-refractivity contribution >= 4 is 22.7 Å². The molecule has 0 fully saturated rings. The highest BCUT2D eigenvalue weighted by Gasteiger charge is 2.17. The van der Waals surface area contributed by atoms with E-state index < -0.39 is 11.9 Å². The number of ether oxygens (including phenoxy) is 4. The van der Waals surface area contributed by atoms with Crippen molar-refractivity contribution in [2.45, 2.75) is 39.5 Å². The summed E-state index contributed by atoms with van der Waals surface area (Å²) in [6.07, 6.45) is 3.93. The minimum atomic E-state index is -0.554. The Labute approximate surface area is 194 Å². The highest BCUT2D eigenvalue weighted by atomic mass is 16.5. The lowest BCUT2D eigenvalue weighted by Gasteiger charge is -2.12. The summed E-state index contributed by atoms with van der Waals surface area (Å²) in [6, 6.07) is 15.8. The van der Waals surface area contributed by atoms with Gasteiger partial charge in [-0.2, -0.15) is 0 Å². The van der Waals surface area contributed by atoms with Crippen LogP contribution in [0.15, 0.2) is 54.6 Å². The predicted molar refractivity (Wildman–Crippen MR) is 127 cm³/mol. The first kappa shape index (κ1) is 24.1. The Kier molecular flexibility index (Phi) is 8.70. The lowest BCUT2D eigenvalue weighted by molar-refractivity contribution is 0.0592. The monoisotopic (exact) mass is 450 g/mol. The molecule has 0 aliphatic heterocycles. The number of methoxy groups -OCH3 is 1. The maximum Gasteiger partial charge on any atom is 0.343 e. The number of esters is 2. The first-order valence-electron chi connectivity index (χ1n) is 11.3. The zero-order valence-corrected chi connectivity index (χ0v) is 19.4. The molecule has 0 saturated heterocycles. The van der Waals surface area contributed by atoms with Crippen molar-refractivity contribution in [3.05, 3.63) is 65.7 Å². The highest BCUT2D eigenvalue weighted by Crippen LogP contribution is 2.27. The molecule has 6 heteroatoms. The molecule has 0 atom stereocenters. The molecule has 0 saturated carbocycles. The fourth-order valence-corrected chi connectivity index (χ4v) is 3.24. The minimum absolute atomic E-state index is 0.216. The standard InChI is InChI=1S/C27H30O6/c1-4-6-14-31-22-11-10-19-16-21(9-8-20(19)17-22)26(28)33-23-12-13-25(32-15-7-5-2)24(18-23)27(29)30-3/h8-13,16-18H,4-7,14-15H2,1-3H3. The Hall–Kier alpha value is -3.54. The zero-order valence-electron chi connectivity index (χ0n) is 19.4. The quantitative estimate of drug-likeness (QED) is 0.197. The molecule has 0 heterocycles. The first-order valence-corrected chi connectivity index (χ1v) is 11.3. The van der Waals surface area contributed by atoms with Crippen LogP contribution < -0.4 is 14.2 Å². The Bertz CT molecular complexity index is 1100. The third-order valence-electron chi connectivity index (χ3n) is 5.14. The largest absolute Gasteiger partial charge is 0.494 e. The molecule has 174 valence electrons. The minimum Gasteiger partial charge on any atom is -0.494 e. The second-order valence-corrected chi connectivity index (χ2v) is 7.67. The molecular weight excluding hydrogens is 420 g/mol. The van der Waals surface area contributed by atoms with Crippen LogP contribution in [0.5, 0.6) is 17.2 Å². The van der Waals surface area contributed by atoms with Crippen LogP contribution in [-0.2, 0) is 4.74 Å². The molecule has 3 rings (SSSR count). The summed E-state index contributed by atoms with van der Waals surface area (Å²) in [5, 5.41) is 1.88. The topological polar surface area (TPSA) is 71.1 Å². The van der Waals surface area contributed by atoms with Crippen molar-refractivity contribution in [2.24, 2.45) is 0 Å². The molecule has 3 aromatic carbocycles. The van der Waals surface area contributed by atoms with E-state index in [0.29, 0.717) is 24.5 Å². The van der Waals surface area contributed by atoms with E-state index in [0.717, 1.165) is 42.2 Å². The fourth-order valence-electron chi connectivity index (χ4n) is 3.24. The Morgan fingerprint density at radius 2 is 1.39 bits per heavy atom. The Balaban J connectivity index is 1.75. The summed E-state index contributed by atoms with van der Waals surface area (Å²) in [4.78, 5) is 24.9. The zero-order chi connectivity index (χ0) is 23.6. The molecule has 0 bridgehead atoms. The van der Waals surface area contributed by atoms with Gasteiger partial charge in [0.1, 0.15) is 22.8 Å². The van der Waals surface area contributed by atoms with E-state index in [1.165, 1.54) is 13.2 Å². The number of carbonyl (C=O) groups is 2. The third kappa shape index (κ3) is 6.48. The van der Waals surface area contributed by atoms with Crippen molar-refractivity contribution < 1.29 is 28.5 Å². The van der Waals surface area contributed by atoms with Crippen LogP contribution in [0.3, 0.4) is 0 Å². The van der Waals surface area contributed by atoms with E-state index in [4.69, 9.17) is 18.9 Å². The molecule has 0 amide bonds. The third-order valence-corrected chi connectivity index (χ3v) is 5.14. The number of rotatable bonds is 11. The highest BCUT2D eigenvalue weighted by molar-refractivity contribution is 5.97. The van der Waals surface area contributed by atoms with Crippen LogP contribution in [0.4, 0.5) is 0 Å². The normalized spacial score (nSPS) is 10.6. The molecular formula is C27H30O6. The summed E-state index contributed by atoms with van der Waals surface area (Å²) < 4.78 is 21.8. The second kappa shape index (κ2) is 11.9. The van der Waals surface area contributed by atoms with Crippen LogP contribution in [0.2, 0.25) is 0 Å². The fraction of sp³-hybridized carbons (Fsp3) is 0.333. The predicted octanol–water partition coefficient (Wildman–Crippen LogP) is 6.20. The van der Waals surface area contributed by atoms with Gasteiger partial charge < -0.3 is 18.9 Å². The van der Waals surface area contributed by atoms with Crippen LogP contribution in [0.1, 0.15) is 60.2 Å². The number of hydrogen-bond acceptors (Lipinski definition) is 6. The van der Waals surface area contributed by atoms with Gasteiger partial charge in [0.2, 0.25) is 0 Å². The van der Waals surface area contributed by atoms with Gasteiger partial charge in [0.15, 0.2) is 0 Å². The number of benzene rings is 3. The molecule has 0 aliphatic rings. The van der Waals surface area contributed by atoms with E-state index in [2.05, 4.69) is 13.8 Å². The van der Waals surface area contributed by atoms with Gasteiger partial charge in [-0.1, -0.05) is 38.8 Å². The average Bonchev–Trinajstić information content (AvgIpc) is 2.84. The number of fused-ring (bicyclic) bond motifs is 1. The molecule has 6 nitrogen and oxygen atoms in total. The first-order chi connectivity index (χ1) is 16.0. The summed E-state index contributed by atoms with van der Waals surface area (Å²) in [6.45, 7) is 5.35. The van der Waals surface area contributed by atoms with Gasteiger partial charge in [0.25, 0.3) is 0 Å². The Morgan fingerprint density at radius 3 is 2.12 bits per heavy atom. The summed E-state index contributed by atoms with van der Waals surface area (Å²) in [7, 11) is 1.30. The van der Waals surface area contributed by atoms with Gasteiger partial charge in [-0.3, -0.25) is 0 Å². The molecule has 0 N–H and O–H groups in total. The van der Waals surface area contributed by atoms with E-state index in [1.807, 2.05) is 24.3 Å². The van der Waals surface area contributed by atoms with Gasteiger partial charge in [-0.05, 0) is 66.1 Å². The molecule has 3 aromatic rings. The second-order valence-electron chi connectivity index (χ2n) is 7.67. The van der Waals surface area contributed by atoms with Crippen molar-refractivity contribution in [1.29, 1.82) is 0 Å². The van der Waals surface area contributed by atoms with E-state index in [-0.39, 0.29) is 11.3 Å². The number of hydrogen-bond donors (Lipinski definition) is 0. The van der Waals surface area contributed by atoms with E-state index in [9.17, 15) is 9.59 Å². The Morgan fingerprint density at radius 1 is 0.727 bits per heavy atom. The molecule has 0 spiro atoms. The van der Waals surface area contributed by atoms with Gasteiger partial charge >= 0.3 is 11.9 Å². The SMILES string of the molecule is CCCCOc1ccc2cc(C(=O)Oc3ccc(OCCCC)c(C(=O)OC)c3)ccc2c1. The van der Waals surface area contributed by atoms with Crippen molar-refractivity contribution in [3.63, 3.8) is 0 Å². The van der Waals surface area contributed by atoms with Crippen molar-refractivity contribution in [2.75, 3.05) is 20.3 Å². The number of carbonyl (C=O) groups excluding carboxylic acids is 2. The number of unbranched alkanes of at least 4 members (excludes halogenated alkanes) is 2. The lowest BCUT2D eigenvalue weighted by atomic mass is 10.1. The molecule has 0 unspecified atom stereocenters. The van der Waals surface area contributed by atoms with Gasteiger partial charge in [0, 0.05) is 0 Å². The summed E-state index contributed by atoms with van der Waals surface area (Å²) >= 11 is 0. The molecule has 33 heavy (non-hydrogen) atoms. The average molecular weight is 451 g/mol.